The van der Waals surface area contributed by atoms with Crippen LogP contribution in [0.4, 0.5) is 10.5 Å². The van der Waals surface area contributed by atoms with E-state index >= 15 is 0 Å². The van der Waals surface area contributed by atoms with E-state index in [2.05, 4.69) is 10.6 Å². The number of amides is 2. The predicted molar refractivity (Wildman–Crippen MR) is 87.8 cm³/mol. The molecule has 0 aromatic heterocycles. The van der Waals surface area contributed by atoms with E-state index in [9.17, 15) is 9.59 Å². The summed E-state index contributed by atoms with van der Waals surface area (Å²) in [6.07, 6.45) is 3.59. The highest BCUT2D eigenvalue weighted by Crippen LogP contribution is 2.24. The Balaban J connectivity index is 1.75. The molecule has 0 bridgehead atoms. The highest BCUT2D eigenvalue weighted by atomic mass is 16.5. The van der Waals surface area contributed by atoms with Crippen molar-refractivity contribution in [1.29, 1.82) is 0 Å². The number of nitrogens with one attached hydrogen (secondary N) is 2. The van der Waals surface area contributed by atoms with Crippen LogP contribution < -0.4 is 15.4 Å². The van der Waals surface area contributed by atoms with Gasteiger partial charge in [-0.25, -0.2) is 4.79 Å². The number of carboxylic acids is 1. The van der Waals surface area contributed by atoms with Crippen molar-refractivity contribution < 1.29 is 19.4 Å². The minimum atomic E-state index is -0.738. The second-order valence-corrected chi connectivity index (χ2v) is 5.86. The zero-order chi connectivity index (χ0) is 16.7. The van der Waals surface area contributed by atoms with Gasteiger partial charge >= 0.3 is 12.0 Å². The lowest BCUT2D eigenvalue weighted by molar-refractivity contribution is -0.142. The Morgan fingerprint density at radius 3 is 2.39 bits per heavy atom. The van der Waals surface area contributed by atoms with Crippen LogP contribution in [0.2, 0.25) is 0 Å². The van der Waals surface area contributed by atoms with Gasteiger partial charge in [-0.2, -0.15) is 0 Å². The van der Waals surface area contributed by atoms with E-state index in [1.54, 1.807) is 12.1 Å². The molecule has 126 valence electrons. The summed E-state index contributed by atoms with van der Waals surface area (Å²) in [7, 11) is 0. The number of hydrogen-bond acceptors (Lipinski definition) is 3. The molecular weight excluding hydrogens is 296 g/mol. The molecule has 1 fully saturated rings. The lowest BCUT2D eigenvalue weighted by Crippen LogP contribution is -2.40. The summed E-state index contributed by atoms with van der Waals surface area (Å²) in [5, 5.41) is 14.7. The number of aliphatic carboxylic acids is 1. The summed E-state index contributed by atoms with van der Waals surface area (Å²) < 4.78 is 5.49. The van der Waals surface area contributed by atoms with Crippen LogP contribution in [0.1, 0.15) is 39.0 Å². The molecule has 0 radical (unpaired) electrons. The Bertz CT molecular complexity index is 522. The molecule has 0 unspecified atom stereocenters. The first-order valence-corrected chi connectivity index (χ1v) is 8.11. The molecule has 0 saturated heterocycles. The average Bonchev–Trinajstić information content (AvgIpc) is 2.54. The van der Waals surface area contributed by atoms with E-state index in [1.165, 1.54) is 0 Å². The van der Waals surface area contributed by atoms with Crippen molar-refractivity contribution in [2.24, 2.45) is 5.92 Å². The number of ether oxygens (including phenoxy) is 1. The average molecular weight is 320 g/mol. The Morgan fingerprint density at radius 2 is 1.83 bits per heavy atom. The van der Waals surface area contributed by atoms with Crippen LogP contribution in [0.15, 0.2) is 24.3 Å². The molecule has 23 heavy (non-hydrogen) atoms. The first-order valence-electron chi connectivity index (χ1n) is 8.11. The Labute approximate surface area is 136 Å². The van der Waals surface area contributed by atoms with Crippen LogP contribution in [0.3, 0.4) is 0 Å². The summed E-state index contributed by atoms with van der Waals surface area (Å²) >= 11 is 0. The number of urea groups is 1. The van der Waals surface area contributed by atoms with Gasteiger partial charge in [-0.1, -0.05) is 6.92 Å². The Morgan fingerprint density at radius 1 is 1.17 bits per heavy atom. The predicted octanol–water partition coefficient (Wildman–Crippen LogP) is 3.24. The topological polar surface area (TPSA) is 87.7 Å². The molecule has 3 N–H and O–H groups in total. The van der Waals surface area contributed by atoms with Gasteiger partial charge in [0.05, 0.1) is 12.5 Å². The van der Waals surface area contributed by atoms with Crippen molar-refractivity contribution in [3.63, 3.8) is 0 Å². The molecular formula is C17H24N2O4. The molecule has 6 heteroatoms. The molecule has 6 nitrogen and oxygen atoms in total. The maximum Gasteiger partial charge on any atom is 0.319 e. The highest BCUT2D eigenvalue weighted by Gasteiger charge is 2.26. The Hall–Kier alpha value is -2.24. The van der Waals surface area contributed by atoms with Gasteiger partial charge in [0.25, 0.3) is 0 Å². The zero-order valence-corrected chi connectivity index (χ0v) is 13.4. The number of carbonyl (C=O) groups is 2. The SMILES string of the molecule is CCCOc1ccc(NC(=O)NC2CCC(C(=O)O)CC2)cc1. The molecule has 1 aromatic rings. The molecule has 1 aliphatic rings. The van der Waals surface area contributed by atoms with E-state index in [4.69, 9.17) is 9.84 Å². The third-order valence-corrected chi connectivity index (χ3v) is 4.00. The number of carboxylic acid groups (broad SMARTS) is 1. The van der Waals surface area contributed by atoms with E-state index in [1.807, 2.05) is 19.1 Å². The number of hydrogen-bond donors (Lipinski definition) is 3. The van der Waals surface area contributed by atoms with Gasteiger partial charge in [0.2, 0.25) is 0 Å². The third-order valence-electron chi connectivity index (χ3n) is 4.00. The van der Waals surface area contributed by atoms with Crippen molar-refractivity contribution in [1.82, 2.24) is 5.32 Å². The van der Waals surface area contributed by atoms with Gasteiger partial charge in [0.1, 0.15) is 5.75 Å². The summed E-state index contributed by atoms with van der Waals surface area (Å²) in [5.41, 5.74) is 0.700. The quantitative estimate of drug-likeness (QED) is 0.751. The van der Waals surface area contributed by atoms with Gasteiger partial charge in [-0.3, -0.25) is 4.79 Å². The van der Waals surface area contributed by atoms with Crippen molar-refractivity contribution in [3.05, 3.63) is 24.3 Å². The number of carbonyl (C=O) groups excluding carboxylic acids is 1. The van der Waals surface area contributed by atoms with E-state index in [0.29, 0.717) is 38.0 Å². The second kappa shape index (κ2) is 8.41. The van der Waals surface area contributed by atoms with Crippen LogP contribution in [0.5, 0.6) is 5.75 Å². The molecule has 0 spiro atoms. The summed E-state index contributed by atoms with van der Waals surface area (Å²) in [4.78, 5) is 22.9. The van der Waals surface area contributed by atoms with Crippen molar-refractivity contribution in [3.8, 4) is 5.75 Å². The minimum Gasteiger partial charge on any atom is -0.494 e. The molecule has 1 saturated carbocycles. The van der Waals surface area contributed by atoms with Crippen molar-refractivity contribution >= 4 is 17.7 Å². The normalized spacial score (nSPS) is 20.6. The van der Waals surface area contributed by atoms with Crippen LogP contribution in [-0.2, 0) is 4.79 Å². The van der Waals surface area contributed by atoms with Crippen LogP contribution >= 0.6 is 0 Å². The van der Waals surface area contributed by atoms with Gasteiger partial charge in [0.15, 0.2) is 0 Å². The molecule has 0 atom stereocenters. The molecule has 1 aromatic carbocycles. The largest absolute Gasteiger partial charge is 0.494 e. The molecule has 0 heterocycles. The van der Waals surface area contributed by atoms with Gasteiger partial charge < -0.3 is 20.5 Å². The fraction of sp³-hybridized carbons (Fsp3) is 0.529. The van der Waals surface area contributed by atoms with Crippen molar-refractivity contribution in [2.75, 3.05) is 11.9 Å². The van der Waals surface area contributed by atoms with E-state index in [0.717, 1.165) is 12.2 Å². The van der Waals surface area contributed by atoms with Crippen LogP contribution in [0.25, 0.3) is 0 Å². The van der Waals surface area contributed by atoms with E-state index in [-0.39, 0.29) is 18.0 Å². The maximum absolute atomic E-state index is 12.0. The standard InChI is InChI=1S/C17H24N2O4/c1-2-11-23-15-9-7-14(8-10-15)19-17(22)18-13-5-3-12(4-6-13)16(20)21/h7-10,12-13H,2-6,11H2,1H3,(H,20,21)(H2,18,19,22). The first kappa shape index (κ1) is 17.1. The first-order chi connectivity index (χ1) is 11.1. The van der Waals surface area contributed by atoms with Crippen molar-refractivity contribution in [2.45, 2.75) is 45.1 Å². The zero-order valence-electron chi connectivity index (χ0n) is 13.4. The number of anilines is 1. The molecule has 2 amide bonds. The fourth-order valence-corrected chi connectivity index (χ4v) is 2.69. The lowest BCUT2D eigenvalue weighted by atomic mass is 9.86. The number of benzene rings is 1. The summed E-state index contributed by atoms with van der Waals surface area (Å²) in [6.45, 7) is 2.72. The fourth-order valence-electron chi connectivity index (χ4n) is 2.69. The maximum atomic E-state index is 12.0. The summed E-state index contributed by atoms with van der Waals surface area (Å²) in [6, 6.07) is 7.02. The van der Waals surface area contributed by atoms with Crippen LogP contribution in [-0.4, -0.2) is 29.8 Å². The number of rotatable bonds is 6. The van der Waals surface area contributed by atoms with E-state index < -0.39 is 5.97 Å². The monoisotopic (exact) mass is 320 g/mol. The molecule has 2 rings (SSSR count). The van der Waals surface area contributed by atoms with Crippen LogP contribution in [0, 0.1) is 5.92 Å². The highest BCUT2D eigenvalue weighted by molar-refractivity contribution is 5.89. The van der Waals surface area contributed by atoms with Gasteiger partial charge in [-0.15, -0.1) is 0 Å². The second-order valence-electron chi connectivity index (χ2n) is 5.86. The third kappa shape index (κ3) is 5.47. The lowest BCUT2D eigenvalue weighted by Gasteiger charge is -2.26. The van der Waals surface area contributed by atoms with Gasteiger partial charge in [0, 0.05) is 11.7 Å². The van der Waals surface area contributed by atoms with Gasteiger partial charge in [-0.05, 0) is 56.4 Å². The Kier molecular flexibility index (Phi) is 6.26. The minimum absolute atomic E-state index is 0.0396. The molecule has 1 aliphatic carbocycles. The molecule has 0 aliphatic heterocycles. The smallest absolute Gasteiger partial charge is 0.319 e. The summed E-state index contributed by atoms with van der Waals surface area (Å²) in [5.74, 6) is -0.227.